The first-order valence-corrected chi connectivity index (χ1v) is 7.79. The summed E-state index contributed by atoms with van der Waals surface area (Å²) in [6.45, 7) is 12.9. The second-order valence-electron chi connectivity index (χ2n) is 3.51. The van der Waals surface area contributed by atoms with Crippen molar-refractivity contribution in [1.29, 1.82) is 0 Å². The minimum absolute atomic E-state index is 0.680. The molecule has 0 aliphatic heterocycles. The molecule has 1 aromatic carbocycles. The van der Waals surface area contributed by atoms with Crippen molar-refractivity contribution >= 4 is 5.69 Å². The third-order valence-corrected chi connectivity index (χ3v) is 2.33. The van der Waals surface area contributed by atoms with E-state index < -0.39 is 0 Å². The summed E-state index contributed by atoms with van der Waals surface area (Å²) in [5.41, 5.74) is 2.44. The van der Waals surface area contributed by atoms with Gasteiger partial charge in [-0.25, -0.2) is 0 Å². The van der Waals surface area contributed by atoms with Crippen LogP contribution in [0, 0.1) is 0 Å². The third kappa shape index (κ3) is 12.0. The lowest BCUT2D eigenvalue weighted by Gasteiger charge is -2.06. The summed E-state index contributed by atoms with van der Waals surface area (Å²) >= 11 is 0. The predicted molar refractivity (Wildman–Crippen MR) is 89.7 cm³/mol. The van der Waals surface area contributed by atoms with Gasteiger partial charge >= 0.3 is 0 Å². The van der Waals surface area contributed by atoms with Gasteiger partial charge in [0.15, 0.2) is 0 Å². The lowest BCUT2D eigenvalue weighted by molar-refractivity contribution is 0.0541. The van der Waals surface area contributed by atoms with E-state index in [4.69, 9.17) is 9.47 Å². The molecule has 20 heavy (non-hydrogen) atoms. The van der Waals surface area contributed by atoms with Crippen molar-refractivity contribution < 1.29 is 9.47 Å². The fraction of sp³-hybridized carbons (Fsp3) is 0.647. The highest BCUT2D eigenvalue weighted by atomic mass is 16.5. The Kier molecular flexibility index (Phi) is 19.1. The van der Waals surface area contributed by atoms with Crippen LogP contribution in [-0.2, 0) is 15.9 Å². The number of ether oxygens (including phenoxy) is 2. The molecule has 1 aromatic rings. The molecule has 0 atom stereocenters. The Morgan fingerprint density at radius 2 is 1.60 bits per heavy atom. The molecular weight excluding hydrogens is 250 g/mol. The maximum atomic E-state index is 5.47. The molecule has 0 saturated carbocycles. The van der Waals surface area contributed by atoms with Crippen LogP contribution in [0.2, 0.25) is 0 Å². The zero-order valence-corrected chi connectivity index (χ0v) is 14.2. The van der Waals surface area contributed by atoms with Crippen molar-refractivity contribution in [2.45, 2.75) is 41.0 Å². The van der Waals surface area contributed by atoms with Crippen LogP contribution in [0.25, 0.3) is 0 Å². The van der Waals surface area contributed by atoms with Crippen LogP contribution in [0.4, 0.5) is 5.69 Å². The van der Waals surface area contributed by atoms with E-state index in [0.29, 0.717) is 13.2 Å². The first kappa shape index (κ1) is 21.2. The molecule has 3 nitrogen and oxygen atoms in total. The zero-order valence-electron chi connectivity index (χ0n) is 14.2. The standard InChI is InChI=1S/C13H21NO2.2C2H6/c1-3-15-9-10-16-8-7-12-5-4-6-13(11-12)14-2;2*1-2/h4-6,11,14H,3,7-10H2,1-2H3;2*1-2H3. The first-order valence-electron chi connectivity index (χ1n) is 7.79. The van der Waals surface area contributed by atoms with E-state index in [1.54, 1.807) is 0 Å². The molecule has 0 aromatic heterocycles. The van der Waals surface area contributed by atoms with Gasteiger partial charge in [-0.15, -0.1) is 0 Å². The number of hydrogen-bond donors (Lipinski definition) is 1. The van der Waals surface area contributed by atoms with Gasteiger partial charge in [0.1, 0.15) is 0 Å². The number of nitrogens with one attached hydrogen (secondary N) is 1. The summed E-state index contributed by atoms with van der Waals surface area (Å²) in [5.74, 6) is 0. The summed E-state index contributed by atoms with van der Waals surface area (Å²) in [7, 11) is 1.93. The molecular formula is C17H33NO2. The SMILES string of the molecule is CC.CC.CCOCCOCCc1cccc(NC)c1. The summed E-state index contributed by atoms with van der Waals surface area (Å²) in [5, 5.41) is 3.12. The smallest absolute Gasteiger partial charge is 0.0700 e. The van der Waals surface area contributed by atoms with Crippen LogP contribution in [0.5, 0.6) is 0 Å². The highest BCUT2D eigenvalue weighted by Crippen LogP contribution is 2.10. The van der Waals surface area contributed by atoms with Gasteiger partial charge < -0.3 is 14.8 Å². The highest BCUT2D eigenvalue weighted by molar-refractivity contribution is 5.44. The second kappa shape index (κ2) is 17.9. The average Bonchev–Trinajstić information content (AvgIpc) is 2.55. The predicted octanol–water partition coefficient (Wildman–Crippen LogP) is 4.38. The average molecular weight is 283 g/mol. The summed E-state index contributed by atoms with van der Waals surface area (Å²) < 4.78 is 10.7. The van der Waals surface area contributed by atoms with E-state index in [1.165, 1.54) is 5.56 Å². The lowest BCUT2D eigenvalue weighted by atomic mass is 10.1. The van der Waals surface area contributed by atoms with E-state index in [-0.39, 0.29) is 0 Å². The minimum Gasteiger partial charge on any atom is -0.388 e. The van der Waals surface area contributed by atoms with Crippen molar-refractivity contribution in [2.24, 2.45) is 0 Å². The molecule has 0 aliphatic rings. The van der Waals surface area contributed by atoms with E-state index in [2.05, 4.69) is 29.6 Å². The van der Waals surface area contributed by atoms with E-state index in [9.17, 15) is 0 Å². The van der Waals surface area contributed by atoms with Crippen molar-refractivity contribution in [3.8, 4) is 0 Å². The Hall–Kier alpha value is -1.06. The zero-order chi connectivity index (χ0) is 15.6. The van der Waals surface area contributed by atoms with Gasteiger partial charge in [0.05, 0.1) is 19.8 Å². The van der Waals surface area contributed by atoms with Crippen LogP contribution >= 0.6 is 0 Å². The summed E-state index contributed by atoms with van der Waals surface area (Å²) in [4.78, 5) is 0. The molecule has 0 amide bonds. The molecule has 0 spiro atoms. The highest BCUT2D eigenvalue weighted by Gasteiger charge is 1.95. The van der Waals surface area contributed by atoms with Gasteiger partial charge in [-0.1, -0.05) is 39.8 Å². The molecule has 0 unspecified atom stereocenters. The fourth-order valence-corrected chi connectivity index (χ4v) is 1.44. The largest absolute Gasteiger partial charge is 0.388 e. The summed E-state index contributed by atoms with van der Waals surface area (Å²) in [6, 6.07) is 8.37. The van der Waals surface area contributed by atoms with Gasteiger partial charge in [-0.3, -0.25) is 0 Å². The Labute approximate surface area is 125 Å². The first-order chi connectivity index (χ1) is 9.86. The van der Waals surface area contributed by atoms with Crippen molar-refractivity contribution in [3.05, 3.63) is 29.8 Å². The van der Waals surface area contributed by atoms with Crippen LogP contribution in [-0.4, -0.2) is 33.5 Å². The monoisotopic (exact) mass is 283 g/mol. The van der Waals surface area contributed by atoms with Gasteiger partial charge in [0.25, 0.3) is 0 Å². The Morgan fingerprint density at radius 1 is 0.950 bits per heavy atom. The van der Waals surface area contributed by atoms with Gasteiger partial charge in [-0.05, 0) is 31.0 Å². The molecule has 1 rings (SSSR count). The van der Waals surface area contributed by atoms with Crippen LogP contribution in [0.1, 0.15) is 40.2 Å². The number of hydrogen-bond acceptors (Lipinski definition) is 3. The van der Waals surface area contributed by atoms with Gasteiger partial charge in [0, 0.05) is 19.3 Å². The van der Waals surface area contributed by atoms with Gasteiger partial charge in [0.2, 0.25) is 0 Å². The Morgan fingerprint density at radius 3 is 2.20 bits per heavy atom. The molecule has 0 fully saturated rings. The fourth-order valence-electron chi connectivity index (χ4n) is 1.44. The molecule has 0 aliphatic carbocycles. The maximum Gasteiger partial charge on any atom is 0.0700 e. The molecule has 118 valence electrons. The van der Waals surface area contributed by atoms with Gasteiger partial charge in [-0.2, -0.15) is 0 Å². The number of benzene rings is 1. The molecule has 3 heteroatoms. The van der Waals surface area contributed by atoms with E-state index >= 15 is 0 Å². The third-order valence-electron chi connectivity index (χ3n) is 2.33. The van der Waals surface area contributed by atoms with Crippen LogP contribution < -0.4 is 5.32 Å². The molecule has 0 heterocycles. The molecule has 0 saturated heterocycles. The van der Waals surface area contributed by atoms with E-state index in [1.807, 2.05) is 41.7 Å². The van der Waals surface area contributed by atoms with Crippen molar-refractivity contribution in [3.63, 3.8) is 0 Å². The quantitative estimate of drug-likeness (QED) is 0.718. The normalized spacial score (nSPS) is 8.90. The summed E-state index contributed by atoms with van der Waals surface area (Å²) in [6.07, 6.45) is 0.946. The lowest BCUT2D eigenvalue weighted by Crippen LogP contribution is -2.06. The second-order valence-corrected chi connectivity index (χ2v) is 3.51. The minimum atomic E-state index is 0.680. The molecule has 0 bridgehead atoms. The Bertz CT molecular complexity index is 290. The Balaban J connectivity index is 0. The van der Waals surface area contributed by atoms with E-state index in [0.717, 1.165) is 25.3 Å². The molecule has 0 radical (unpaired) electrons. The topological polar surface area (TPSA) is 30.5 Å². The van der Waals surface area contributed by atoms with Crippen LogP contribution in [0.3, 0.4) is 0 Å². The maximum absolute atomic E-state index is 5.47. The van der Waals surface area contributed by atoms with Crippen molar-refractivity contribution in [1.82, 2.24) is 0 Å². The number of rotatable bonds is 8. The molecule has 1 N–H and O–H groups in total. The number of anilines is 1. The van der Waals surface area contributed by atoms with Crippen LogP contribution in [0.15, 0.2) is 24.3 Å². The van der Waals surface area contributed by atoms with Crippen molar-refractivity contribution in [2.75, 3.05) is 38.8 Å².